The van der Waals surface area contributed by atoms with Gasteiger partial charge >= 0.3 is 0 Å². The highest BCUT2D eigenvalue weighted by Crippen LogP contribution is 2.29. The molecule has 8 heteroatoms. The van der Waals surface area contributed by atoms with Crippen LogP contribution in [-0.2, 0) is 10.0 Å². The number of anilines is 1. The minimum absolute atomic E-state index is 0.0460. The molecule has 0 bridgehead atoms. The number of ether oxygens (including phenoxy) is 1. The average Bonchev–Trinajstić information content (AvgIpc) is 3.32. The van der Waals surface area contributed by atoms with Crippen molar-refractivity contribution in [3.05, 3.63) is 83.4 Å². The molecule has 3 aromatic carbocycles. The van der Waals surface area contributed by atoms with Gasteiger partial charge in [0.25, 0.3) is 5.91 Å². The van der Waals surface area contributed by atoms with E-state index in [1.807, 2.05) is 30.3 Å². The summed E-state index contributed by atoms with van der Waals surface area (Å²) in [4.78, 5) is 12.7. The van der Waals surface area contributed by atoms with Gasteiger partial charge in [-0.25, -0.2) is 8.42 Å². The van der Waals surface area contributed by atoms with Crippen LogP contribution in [0.2, 0.25) is 5.02 Å². The molecule has 160 valence electrons. The van der Waals surface area contributed by atoms with Crippen molar-refractivity contribution in [2.45, 2.75) is 17.7 Å². The highest BCUT2D eigenvalue weighted by atomic mass is 35.5. The Morgan fingerprint density at radius 2 is 1.55 bits per heavy atom. The van der Waals surface area contributed by atoms with E-state index in [9.17, 15) is 13.2 Å². The highest BCUT2D eigenvalue weighted by molar-refractivity contribution is 7.89. The van der Waals surface area contributed by atoms with Crippen LogP contribution in [0.1, 0.15) is 23.2 Å². The summed E-state index contributed by atoms with van der Waals surface area (Å²) in [6, 6.07) is 20.6. The normalized spacial score (nSPS) is 14.4. The summed E-state index contributed by atoms with van der Waals surface area (Å²) in [5.74, 6) is 0.924. The number of carbonyl (C=O) groups is 1. The van der Waals surface area contributed by atoms with Gasteiger partial charge in [0.05, 0.1) is 5.02 Å². The van der Waals surface area contributed by atoms with E-state index in [2.05, 4.69) is 5.32 Å². The van der Waals surface area contributed by atoms with Crippen LogP contribution in [0.5, 0.6) is 11.5 Å². The Labute approximate surface area is 186 Å². The molecule has 0 spiro atoms. The lowest BCUT2D eigenvalue weighted by atomic mass is 10.2. The van der Waals surface area contributed by atoms with Crippen LogP contribution in [0.4, 0.5) is 5.69 Å². The predicted octanol–water partition coefficient (Wildman–Crippen LogP) is 5.17. The highest BCUT2D eigenvalue weighted by Gasteiger charge is 2.29. The molecule has 3 aromatic rings. The summed E-state index contributed by atoms with van der Waals surface area (Å²) < 4.78 is 32.9. The standard InChI is InChI=1S/C23H21ClN2O4S/c24-21-13-8-17(16-22(21)31(28,29)26-14-4-5-15-26)23(27)25-18-9-11-20(12-10-18)30-19-6-2-1-3-7-19/h1-3,6-13,16H,4-5,14-15H2,(H,25,27). The molecule has 1 fully saturated rings. The second-order valence-electron chi connectivity index (χ2n) is 7.15. The van der Waals surface area contributed by atoms with Crippen molar-refractivity contribution in [2.24, 2.45) is 0 Å². The van der Waals surface area contributed by atoms with Crippen LogP contribution in [0.15, 0.2) is 77.7 Å². The second kappa shape index (κ2) is 9.09. The van der Waals surface area contributed by atoms with Gasteiger partial charge in [-0.1, -0.05) is 29.8 Å². The fraction of sp³-hybridized carbons (Fsp3) is 0.174. The number of nitrogens with zero attached hydrogens (tertiary/aromatic N) is 1. The first-order valence-electron chi connectivity index (χ1n) is 9.87. The number of sulfonamides is 1. The summed E-state index contributed by atoms with van der Waals surface area (Å²) in [5, 5.41) is 2.87. The van der Waals surface area contributed by atoms with Crippen LogP contribution < -0.4 is 10.1 Å². The minimum atomic E-state index is -3.73. The van der Waals surface area contributed by atoms with E-state index < -0.39 is 15.9 Å². The first-order chi connectivity index (χ1) is 14.9. The molecular formula is C23H21ClN2O4S. The molecule has 0 atom stereocenters. The molecule has 4 rings (SSSR count). The summed E-state index contributed by atoms with van der Waals surface area (Å²) >= 11 is 6.16. The summed E-state index contributed by atoms with van der Waals surface area (Å²) in [6.07, 6.45) is 1.64. The Hall–Kier alpha value is -2.87. The average molecular weight is 457 g/mol. The molecule has 0 radical (unpaired) electrons. The molecule has 0 aromatic heterocycles. The van der Waals surface area contributed by atoms with E-state index in [1.165, 1.54) is 22.5 Å². The lowest BCUT2D eigenvalue weighted by molar-refractivity contribution is 0.102. The molecule has 31 heavy (non-hydrogen) atoms. The number of hydrogen-bond acceptors (Lipinski definition) is 4. The molecule has 1 saturated heterocycles. The fourth-order valence-electron chi connectivity index (χ4n) is 3.34. The molecule has 6 nitrogen and oxygen atoms in total. The Balaban J connectivity index is 1.48. The van der Waals surface area contributed by atoms with Crippen molar-refractivity contribution in [1.82, 2.24) is 4.31 Å². The zero-order chi connectivity index (χ0) is 21.8. The molecule has 1 aliphatic rings. The van der Waals surface area contributed by atoms with Crippen molar-refractivity contribution in [2.75, 3.05) is 18.4 Å². The number of rotatable bonds is 6. The van der Waals surface area contributed by atoms with Crippen molar-refractivity contribution >= 4 is 33.2 Å². The third kappa shape index (κ3) is 4.90. The zero-order valence-electron chi connectivity index (χ0n) is 16.6. The number of para-hydroxylation sites is 1. The molecule has 1 aliphatic heterocycles. The van der Waals surface area contributed by atoms with Crippen molar-refractivity contribution in [1.29, 1.82) is 0 Å². The van der Waals surface area contributed by atoms with E-state index in [-0.39, 0.29) is 15.5 Å². The van der Waals surface area contributed by atoms with E-state index in [0.717, 1.165) is 12.8 Å². The van der Waals surface area contributed by atoms with Gasteiger partial charge < -0.3 is 10.1 Å². The van der Waals surface area contributed by atoms with Gasteiger partial charge in [-0.15, -0.1) is 0 Å². The predicted molar refractivity (Wildman–Crippen MR) is 120 cm³/mol. The maximum Gasteiger partial charge on any atom is 0.255 e. The summed E-state index contributed by atoms with van der Waals surface area (Å²) in [5.41, 5.74) is 0.774. The first-order valence-corrected chi connectivity index (χ1v) is 11.7. The molecule has 0 aliphatic carbocycles. The van der Waals surface area contributed by atoms with Crippen LogP contribution in [0.3, 0.4) is 0 Å². The Morgan fingerprint density at radius 1 is 0.903 bits per heavy atom. The Morgan fingerprint density at radius 3 is 2.23 bits per heavy atom. The smallest absolute Gasteiger partial charge is 0.255 e. The Kier molecular flexibility index (Phi) is 6.27. The van der Waals surface area contributed by atoms with Gasteiger partial charge in [-0.2, -0.15) is 4.31 Å². The zero-order valence-corrected chi connectivity index (χ0v) is 18.2. The Bertz CT molecular complexity index is 1180. The monoisotopic (exact) mass is 456 g/mol. The number of benzene rings is 3. The molecule has 1 amide bonds. The number of nitrogens with one attached hydrogen (secondary N) is 1. The third-order valence-electron chi connectivity index (χ3n) is 4.97. The number of halogens is 1. The van der Waals surface area contributed by atoms with E-state index in [0.29, 0.717) is 30.3 Å². The first kappa shape index (κ1) is 21.4. The maximum absolute atomic E-state index is 12.9. The van der Waals surface area contributed by atoms with Crippen LogP contribution >= 0.6 is 11.6 Å². The largest absolute Gasteiger partial charge is 0.457 e. The van der Waals surface area contributed by atoms with Gasteiger partial charge in [0.15, 0.2) is 0 Å². The molecule has 0 saturated carbocycles. The van der Waals surface area contributed by atoms with Crippen molar-refractivity contribution < 1.29 is 17.9 Å². The lowest BCUT2D eigenvalue weighted by Crippen LogP contribution is -2.28. The van der Waals surface area contributed by atoms with Crippen LogP contribution in [-0.4, -0.2) is 31.7 Å². The van der Waals surface area contributed by atoms with E-state index >= 15 is 0 Å². The van der Waals surface area contributed by atoms with Gasteiger partial charge in [0.1, 0.15) is 16.4 Å². The van der Waals surface area contributed by atoms with E-state index in [4.69, 9.17) is 16.3 Å². The fourth-order valence-corrected chi connectivity index (χ4v) is 5.36. The van der Waals surface area contributed by atoms with E-state index in [1.54, 1.807) is 24.3 Å². The topological polar surface area (TPSA) is 75.7 Å². The number of carbonyl (C=O) groups excluding carboxylic acids is 1. The quantitative estimate of drug-likeness (QED) is 0.555. The molecule has 1 heterocycles. The molecular weight excluding hydrogens is 436 g/mol. The molecule has 0 unspecified atom stereocenters. The van der Waals surface area contributed by atoms with Gasteiger partial charge in [-0.05, 0) is 67.4 Å². The minimum Gasteiger partial charge on any atom is -0.457 e. The maximum atomic E-state index is 12.9. The summed E-state index contributed by atoms with van der Waals surface area (Å²) in [7, 11) is -3.73. The van der Waals surface area contributed by atoms with Crippen molar-refractivity contribution in [3.63, 3.8) is 0 Å². The van der Waals surface area contributed by atoms with Crippen molar-refractivity contribution in [3.8, 4) is 11.5 Å². The van der Waals surface area contributed by atoms with Gasteiger partial charge in [-0.3, -0.25) is 4.79 Å². The summed E-state index contributed by atoms with van der Waals surface area (Å²) in [6.45, 7) is 0.930. The SMILES string of the molecule is O=C(Nc1ccc(Oc2ccccc2)cc1)c1ccc(Cl)c(S(=O)(=O)N2CCCC2)c1. The number of hydrogen-bond donors (Lipinski definition) is 1. The second-order valence-corrected chi connectivity index (χ2v) is 9.46. The molecule has 1 N–H and O–H groups in total. The number of amides is 1. The van der Waals surface area contributed by atoms with Crippen LogP contribution in [0, 0.1) is 0 Å². The lowest BCUT2D eigenvalue weighted by Gasteiger charge is -2.17. The third-order valence-corrected chi connectivity index (χ3v) is 7.35. The van der Waals surface area contributed by atoms with Gasteiger partial charge in [0, 0.05) is 24.3 Å². The van der Waals surface area contributed by atoms with Gasteiger partial charge in [0.2, 0.25) is 10.0 Å². The van der Waals surface area contributed by atoms with Crippen LogP contribution in [0.25, 0.3) is 0 Å².